The smallest absolute Gasteiger partial charge is 0.214 e. The minimum atomic E-state index is -3.18. The summed E-state index contributed by atoms with van der Waals surface area (Å²) in [7, 11) is -1.44. The van der Waals surface area contributed by atoms with Gasteiger partial charge in [-0.2, -0.15) is 0 Å². The van der Waals surface area contributed by atoms with Gasteiger partial charge in [0.05, 0.1) is 5.75 Å². The van der Waals surface area contributed by atoms with E-state index >= 15 is 0 Å². The fourth-order valence-corrected chi connectivity index (χ4v) is 5.69. The molecule has 0 aromatic carbocycles. The van der Waals surface area contributed by atoms with Gasteiger partial charge in [-0.15, -0.1) is 6.58 Å². The summed E-state index contributed by atoms with van der Waals surface area (Å²) in [5, 5.41) is 0. The predicted molar refractivity (Wildman–Crippen MR) is 102 cm³/mol. The second kappa shape index (κ2) is 6.10. The Morgan fingerprint density at radius 1 is 1.21 bits per heavy atom. The van der Waals surface area contributed by atoms with Crippen molar-refractivity contribution in [3.05, 3.63) is 12.7 Å². The van der Waals surface area contributed by atoms with Crippen molar-refractivity contribution in [3.63, 3.8) is 0 Å². The van der Waals surface area contributed by atoms with Gasteiger partial charge in [0.15, 0.2) is 0 Å². The molecular formula is C19H36N2O2S. The van der Waals surface area contributed by atoms with Crippen LogP contribution in [0.15, 0.2) is 12.7 Å². The van der Waals surface area contributed by atoms with E-state index in [1.807, 2.05) is 0 Å². The Hall–Kier alpha value is -0.390. The van der Waals surface area contributed by atoms with Gasteiger partial charge in [0, 0.05) is 36.6 Å². The highest BCUT2D eigenvalue weighted by atomic mass is 32.2. The van der Waals surface area contributed by atoms with Gasteiger partial charge in [0.1, 0.15) is 0 Å². The highest BCUT2D eigenvalue weighted by Gasteiger charge is 2.68. The lowest BCUT2D eigenvalue weighted by molar-refractivity contribution is 0.0362. The van der Waals surface area contributed by atoms with E-state index in [9.17, 15) is 8.42 Å². The summed E-state index contributed by atoms with van der Waals surface area (Å²) in [6.45, 7) is 18.0. The van der Waals surface area contributed by atoms with Crippen LogP contribution in [0.1, 0.15) is 60.8 Å². The number of fused-ring (bicyclic) bond motifs is 1. The Morgan fingerprint density at radius 3 is 2.21 bits per heavy atom. The van der Waals surface area contributed by atoms with E-state index in [0.29, 0.717) is 25.0 Å². The highest BCUT2D eigenvalue weighted by molar-refractivity contribution is 7.89. The zero-order valence-corrected chi connectivity index (χ0v) is 17.4. The van der Waals surface area contributed by atoms with Crippen molar-refractivity contribution in [1.82, 2.24) is 9.21 Å². The molecule has 1 aliphatic carbocycles. The number of likely N-dealkylation sites (tertiary alicyclic amines) is 1. The average Bonchev–Trinajstić information content (AvgIpc) is 2.97. The monoisotopic (exact) mass is 356 g/mol. The number of piperidine rings is 1. The summed E-state index contributed by atoms with van der Waals surface area (Å²) in [6, 6.07) is 1.01. The lowest BCUT2D eigenvalue weighted by Crippen LogP contribution is -2.51. The van der Waals surface area contributed by atoms with Crippen molar-refractivity contribution in [2.45, 2.75) is 78.4 Å². The molecule has 0 radical (unpaired) electrons. The molecule has 24 heavy (non-hydrogen) atoms. The number of hydrogen-bond acceptors (Lipinski definition) is 3. The van der Waals surface area contributed by atoms with E-state index in [1.54, 1.807) is 17.4 Å². The first-order chi connectivity index (χ1) is 10.7. The summed E-state index contributed by atoms with van der Waals surface area (Å²) in [5.41, 5.74) is 0.455. The first-order valence-corrected chi connectivity index (χ1v) is 10.7. The maximum Gasteiger partial charge on any atom is 0.214 e. The largest absolute Gasteiger partial charge is 0.291 e. The van der Waals surface area contributed by atoms with Crippen molar-refractivity contribution < 1.29 is 8.42 Å². The lowest BCUT2D eigenvalue weighted by Gasteiger charge is -2.45. The SMILES string of the molecule is C=CCCS(=O)(=O)N(C)C[C@@]12CC(C(C)(C)C)N(C(C)(C)C)C1C2. The zero-order valence-electron chi connectivity index (χ0n) is 16.6. The fourth-order valence-electron chi connectivity index (χ4n) is 4.46. The van der Waals surface area contributed by atoms with Gasteiger partial charge < -0.3 is 0 Å². The number of rotatable bonds is 6. The van der Waals surface area contributed by atoms with Gasteiger partial charge >= 0.3 is 0 Å². The maximum absolute atomic E-state index is 12.5. The molecule has 1 heterocycles. The molecule has 2 fully saturated rings. The number of sulfonamides is 1. The first-order valence-electron chi connectivity index (χ1n) is 9.08. The van der Waals surface area contributed by atoms with E-state index in [0.717, 1.165) is 12.8 Å². The van der Waals surface area contributed by atoms with Gasteiger partial charge in [-0.1, -0.05) is 26.8 Å². The van der Waals surface area contributed by atoms with E-state index in [-0.39, 0.29) is 22.1 Å². The summed E-state index contributed by atoms with van der Waals surface area (Å²) in [5.74, 6) is 0.166. The van der Waals surface area contributed by atoms with Gasteiger partial charge in [-0.25, -0.2) is 12.7 Å². The molecule has 1 saturated heterocycles. The topological polar surface area (TPSA) is 40.6 Å². The van der Waals surface area contributed by atoms with E-state index < -0.39 is 10.0 Å². The molecule has 0 spiro atoms. The molecule has 4 nitrogen and oxygen atoms in total. The summed E-state index contributed by atoms with van der Waals surface area (Å²) in [6.07, 6.45) is 4.41. The zero-order chi connectivity index (χ0) is 18.6. The molecule has 2 rings (SSSR count). The molecule has 1 aliphatic heterocycles. The summed E-state index contributed by atoms with van der Waals surface area (Å²) >= 11 is 0. The van der Waals surface area contributed by atoms with Crippen LogP contribution < -0.4 is 0 Å². The van der Waals surface area contributed by atoms with Crippen LogP contribution in [0, 0.1) is 10.8 Å². The molecule has 0 bridgehead atoms. The molecule has 140 valence electrons. The van der Waals surface area contributed by atoms with Crippen LogP contribution in [0.3, 0.4) is 0 Å². The second-order valence-electron chi connectivity index (χ2n) is 9.90. The molecule has 2 unspecified atom stereocenters. The Bertz CT molecular complexity index is 585. The molecular weight excluding hydrogens is 320 g/mol. The van der Waals surface area contributed by atoms with E-state index in [1.165, 1.54) is 0 Å². The maximum atomic E-state index is 12.5. The average molecular weight is 357 g/mol. The highest BCUT2D eigenvalue weighted by Crippen LogP contribution is 2.64. The van der Waals surface area contributed by atoms with Crippen molar-refractivity contribution in [3.8, 4) is 0 Å². The van der Waals surface area contributed by atoms with Gasteiger partial charge in [0.25, 0.3) is 0 Å². The summed E-state index contributed by atoms with van der Waals surface area (Å²) in [4.78, 5) is 2.66. The van der Waals surface area contributed by atoms with Crippen LogP contribution in [0.5, 0.6) is 0 Å². The van der Waals surface area contributed by atoms with Crippen LogP contribution in [0.4, 0.5) is 0 Å². The minimum Gasteiger partial charge on any atom is -0.291 e. The van der Waals surface area contributed by atoms with Gasteiger partial charge in [-0.05, 0) is 45.4 Å². The molecule has 0 amide bonds. The number of hydrogen-bond donors (Lipinski definition) is 0. The summed E-state index contributed by atoms with van der Waals surface area (Å²) < 4.78 is 26.5. The van der Waals surface area contributed by atoms with E-state index in [4.69, 9.17) is 0 Å². The molecule has 1 saturated carbocycles. The molecule has 0 aromatic rings. The van der Waals surface area contributed by atoms with Crippen LogP contribution in [-0.4, -0.2) is 54.6 Å². The van der Waals surface area contributed by atoms with Crippen LogP contribution in [0.2, 0.25) is 0 Å². The Kier molecular flexibility index (Phi) is 5.06. The molecule has 5 heteroatoms. The predicted octanol–water partition coefficient (Wildman–Crippen LogP) is 3.50. The first kappa shape index (κ1) is 19.9. The van der Waals surface area contributed by atoms with Crippen LogP contribution in [0.25, 0.3) is 0 Å². The van der Waals surface area contributed by atoms with E-state index in [2.05, 4.69) is 53.0 Å². The number of nitrogens with zero attached hydrogens (tertiary/aromatic N) is 2. The standard InChI is InChI=1S/C19H36N2O2S/c1-9-10-11-24(22,23)20(8)14-19-12-15(17(2,3)4)21(16(19)13-19)18(5,6)7/h9,15-16H,1,10-14H2,2-8H3/t15?,16?,19-/m0/s1. The van der Waals surface area contributed by atoms with Crippen LogP contribution in [-0.2, 0) is 10.0 Å². The normalized spacial score (nSPS) is 31.3. The van der Waals surface area contributed by atoms with Crippen LogP contribution >= 0.6 is 0 Å². The van der Waals surface area contributed by atoms with Crippen molar-refractivity contribution in [1.29, 1.82) is 0 Å². The van der Waals surface area contributed by atoms with Crippen molar-refractivity contribution >= 4 is 10.0 Å². The molecule has 0 N–H and O–H groups in total. The minimum absolute atomic E-state index is 0.112. The third kappa shape index (κ3) is 3.73. The third-order valence-electron chi connectivity index (χ3n) is 5.78. The molecule has 2 aliphatic rings. The lowest BCUT2D eigenvalue weighted by atomic mass is 9.80. The third-order valence-corrected chi connectivity index (χ3v) is 7.62. The Morgan fingerprint density at radius 2 is 1.79 bits per heavy atom. The van der Waals surface area contributed by atoms with Crippen molar-refractivity contribution in [2.75, 3.05) is 19.3 Å². The Labute approximate surface area is 149 Å². The molecule has 0 aromatic heterocycles. The fraction of sp³-hybridized carbons (Fsp3) is 0.895. The number of allylic oxidation sites excluding steroid dienone is 1. The molecule has 3 atom stereocenters. The Balaban J connectivity index is 2.17. The second-order valence-corrected chi connectivity index (χ2v) is 12.1. The quantitative estimate of drug-likeness (QED) is 0.684. The van der Waals surface area contributed by atoms with Crippen molar-refractivity contribution in [2.24, 2.45) is 10.8 Å². The van der Waals surface area contributed by atoms with Gasteiger partial charge in [0.2, 0.25) is 10.0 Å². The van der Waals surface area contributed by atoms with Gasteiger partial charge in [-0.3, -0.25) is 4.90 Å².